The lowest BCUT2D eigenvalue weighted by Gasteiger charge is -2.07. The Hall–Kier alpha value is -3.19. The zero-order chi connectivity index (χ0) is 19.9. The molecule has 3 rings (SSSR count). The van der Waals surface area contributed by atoms with Crippen LogP contribution < -0.4 is 4.74 Å². The molecule has 144 valence electrons. The van der Waals surface area contributed by atoms with E-state index >= 15 is 0 Å². The van der Waals surface area contributed by atoms with Crippen molar-refractivity contribution in [3.05, 3.63) is 65.0 Å². The molecule has 1 heterocycles. The third kappa shape index (κ3) is 4.95. The summed E-state index contributed by atoms with van der Waals surface area (Å²) in [5, 5.41) is 4.49. The fraction of sp³-hybridized carbons (Fsp3) is 0.200. The van der Waals surface area contributed by atoms with E-state index in [1.807, 2.05) is 0 Å². The molecule has 0 saturated carbocycles. The Morgan fingerprint density at radius 2 is 1.86 bits per heavy atom. The van der Waals surface area contributed by atoms with Crippen molar-refractivity contribution in [1.29, 1.82) is 0 Å². The SMILES string of the molecule is COc1ccccc1C(=O)COC(=O)CCc1nc(-c2ccc(Cl)cc2)no1. The number of rotatable bonds is 8. The van der Waals surface area contributed by atoms with Crippen molar-refractivity contribution in [1.82, 2.24) is 10.1 Å². The molecule has 0 unspecified atom stereocenters. The maximum atomic E-state index is 12.2. The van der Waals surface area contributed by atoms with Crippen LogP contribution in [0.5, 0.6) is 5.75 Å². The summed E-state index contributed by atoms with van der Waals surface area (Å²) >= 11 is 5.85. The third-order valence-corrected chi connectivity index (χ3v) is 4.14. The first-order valence-electron chi connectivity index (χ1n) is 8.47. The first-order chi connectivity index (χ1) is 13.6. The van der Waals surface area contributed by atoms with E-state index in [2.05, 4.69) is 10.1 Å². The number of aryl methyl sites for hydroxylation is 1. The first-order valence-corrected chi connectivity index (χ1v) is 8.85. The molecule has 0 radical (unpaired) electrons. The molecule has 0 fully saturated rings. The van der Waals surface area contributed by atoms with E-state index in [0.717, 1.165) is 5.56 Å². The average molecular weight is 401 g/mol. The van der Waals surface area contributed by atoms with Crippen LogP contribution in [0.15, 0.2) is 53.1 Å². The molecular formula is C20H17ClN2O5. The number of ketones is 1. The fourth-order valence-corrected chi connectivity index (χ4v) is 2.58. The number of Topliss-reactive ketones (excluding diaryl/α,β-unsaturated/α-hetero) is 1. The quantitative estimate of drug-likeness (QED) is 0.420. The second-order valence-corrected chi connectivity index (χ2v) is 6.24. The first kappa shape index (κ1) is 19.6. The van der Waals surface area contributed by atoms with Gasteiger partial charge in [0.05, 0.1) is 19.1 Å². The van der Waals surface area contributed by atoms with Gasteiger partial charge in [-0.2, -0.15) is 4.98 Å². The molecule has 0 atom stereocenters. The summed E-state index contributed by atoms with van der Waals surface area (Å²) < 4.78 is 15.3. The smallest absolute Gasteiger partial charge is 0.306 e. The number of hydrogen-bond donors (Lipinski definition) is 0. The molecule has 2 aromatic carbocycles. The van der Waals surface area contributed by atoms with Gasteiger partial charge in [0.25, 0.3) is 0 Å². The van der Waals surface area contributed by atoms with Crippen LogP contribution in [0, 0.1) is 0 Å². The van der Waals surface area contributed by atoms with Crippen LogP contribution in [0.3, 0.4) is 0 Å². The van der Waals surface area contributed by atoms with E-state index < -0.39 is 5.97 Å². The topological polar surface area (TPSA) is 91.5 Å². The number of ether oxygens (including phenoxy) is 2. The van der Waals surface area contributed by atoms with Crippen molar-refractivity contribution >= 4 is 23.4 Å². The van der Waals surface area contributed by atoms with E-state index in [1.54, 1.807) is 48.5 Å². The molecule has 1 aromatic heterocycles. The Bertz CT molecular complexity index is 969. The lowest BCUT2D eigenvalue weighted by molar-refractivity contribution is -0.142. The van der Waals surface area contributed by atoms with Gasteiger partial charge in [-0.25, -0.2) is 0 Å². The van der Waals surface area contributed by atoms with Gasteiger partial charge >= 0.3 is 5.97 Å². The summed E-state index contributed by atoms with van der Waals surface area (Å²) in [6.45, 7) is -0.362. The number of halogens is 1. The summed E-state index contributed by atoms with van der Waals surface area (Å²) in [5.74, 6) is 0.275. The molecule has 0 saturated heterocycles. The van der Waals surface area contributed by atoms with Gasteiger partial charge in [0.2, 0.25) is 17.5 Å². The van der Waals surface area contributed by atoms with Gasteiger partial charge in [0, 0.05) is 17.0 Å². The zero-order valence-electron chi connectivity index (χ0n) is 15.1. The minimum absolute atomic E-state index is 0.0153. The molecule has 7 nitrogen and oxygen atoms in total. The second-order valence-electron chi connectivity index (χ2n) is 5.80. The maximum Gasteiger partial charge on any atom is 0.306 e. The summed E-state index contributed by atoms with van der Waals surface area (Å²) in [7, 11) is 1.47. The number of methoxy groups -OCH3 is 1. The lowest BCUT2D eigenvalue weighted by atomic mass is 10.1. The highest BCUT2D eigenvalue weighted by Crippen LogP contribution is 2.19. The van der Waals surface area contributed by atoms with Gasteiger partial charge in [0.15, 0.2) is 6.61 Å². The third-order valence-electron chi connectivity index (χ3n) is 3.89. The van der Waals surface area contributed by atoms with E-state index in [9.17, 15) is 9.59 Å². The summed E-state index contributed by atoms with van der Waals surface area (Å²) in [6.07, 6.45) is 0.226. The predicted molar refractivity (Wildman–Crippen MR) is 101 cm³/mol. The van der Waals surface area contributed by atoms with Crippen molar-refractivity contribution in [2.75, 3.05) is 13.7 Å². The molecule has 0 amide bonds. The van der Waals surface area contributed by atoms with Crippen molar-refractivity contribution in [3.63, 3.8) is 0 Å². The van der Waals surface area contributed by atoms with Gasteiger partial charge in [-0.3, -0.25) is 9.59 Å². The van der Waals surface area contributed by atoms with E-state index in [4.69, 9.17) is 25.6 Å². The van der Waals surface area contributed by atoms with Crippen molar-refractivity contribution < 1.29 is 23.6 Å². The minimum atomic E-state index is -0.533. The molecule has 8 heteroatoms. The van der Waals surface area contributed by atoms with Crippen LogP contribution in [0.2, 0.25) is 5.02 Å². The molecular weight excluding hydrogens is 384 g/mol. The molecule has 0 aliphatic carbocycles. The van der Waals surface area contributed by atoms with Gasteiger partial charge in [0.1, 0.15) is 5.75 Å². The normalized spacial score (nSPS) is 10.5. The van der Waals surface area contributed by atoms with Crippen molar-refractivity contribution in [2.24, 2.45) is 0 Å². The number of carbonyl (C=O) groups is 2. The molecule has 0 spiro atoms. The molecule has 0 aliphatic rings. The van der Waals surface area contributed by atoms with Crippen LogP contribution >= 0.6 is 11.6 Å². The maximum absolute atomic E-state index is 12.2. The molecule has 0 bridgehead atoms. The van der Waals surface area contributed by atoms with Crippen LogP contribution in [0.1, 0.15) is 22.7 Å². The van der Waals surface area contributed by atoms with Crippen molar-refractivity contribution in [2.45, 2.75) is 12.8 Å². The summed E-state index contributed by atoms with van der Waals surface area (Å²) in [4.78, 5) is 28.3. The highest BCUT2D eigenvalue weighted by Gasteiger charge is 2.15. The molecule has 0 aliphatic heterocycles. The Kier molecular flexibility index (Phi) is 6.39. The molecule has 3 aromatic rings. The Morgan fingerprint density at radius 1 is 1.11 bits per heavy atom. The predicted octanol–water partition coefficient (Wildman–Crippen LogP) is 3.76. The Morgan fingerprint density at radius 3 is 2.61 bits per heavy atom. The monoisotopic (exact) mass is 400 g/mol. The van der Waals surface area contributed by atoms with Crippen LogP contribution in [-0.2, 0) is 16.0 Å². The van der Waals surface area contributed by atoms with Gasteiger partial charge in [-0.1, -0.05) is 28.9 Å². The second kappa shape index (κ2) is 9.14. The number of carbonyl (C=O) groups excluding carboxylic acids is 2. The summed E-state index contributed by atoms with van der Waals surface area (Å²) in [5.41, 5.74) is 1.12. The molecule has 0 N–H and O–H groups in total. The van der Waals surface area contributed by atoms with Crippen molar-refractivity contribution in [3.8, 4) is 17.1 Å². The minimum Gasteiger partial charge on any atom is -0.496 e. The Balaban J connectivity index is 1.49. The van der Waals surface area contributed by atoms with Gasteiger partial charge < -0.3 is 14.0 Å². The zero-order valence-corrected chi connectivity index (χ0v) is 15.8. The van der Waals surface area contributed by atoms with Crippen LogP contribution in [-0.4, -0.2) is 35.6 Å². The highest BCUT2D eigenvalue weighted by atomic mass is 35.5. The van der Waals surface area contributed by atoms with E-state index in [0.29, 0.717) is 28.1 Å². The summed E-state index contributed by atoms with van der Waals surface area (Å²) in [6, 6.07) is 13.7. The number of para-hydroxylation sites is 1. The fourth-order valence-electron chi connectivity index (χ4n) is 2.45. The number of hydrogen-bond acceptors (Lipinski definition) is 7. The standard InChI is InChI=1S/C20H17ClN2O5/c1-26-17-5-3-2-4-15(17)16(24)12-27-19(25)11-10-18-22-20(23-28-18)13-6-8-14(21)9-7-13/h2-9H,10-12H2,1H3. The Labute approximate surface area is 166 Å². The number of aromatic nitrogens is 2. The van der Waals surface area contributed by atoms with Gasteiger partial charge in [-0.05, 0) is 36.4 Å². The number of esters is 1. The largest absolute Gasteiger partial charge is 0.496 e. The van der Waals surface area contributed by atoms with Gasteiger partial charge in [-0.15, -0.1) is 0 Å². The lowest BCUT2D eigenvalue weighted by Crippen LogP contribution is -2.15. The van der Waals surface area contributed by atoms with Crippen LogP contribution in [0.25, 0.3) is 11.4 Å². The number of benzene rings is 2. The van der Waals surface area contributed by atoms with E-state index in [-0.39, 0.29) is 25.2 Å². The highest BCUT2D eigenvalue weighted by molar-refractivity contribution is 6.30. The molecule has 28 heavy (non-hydrogen) atoms. The van der Waals surface area contributed by atoms with Crippen LogP contribution in [0.4, 0.5) is 0 Å². The number of nitrogens with zero attached hydrogens (tertiary/aromatic N) is 2. The average Bonchev–Trinajstić information content (AvgIpc) is 3.20. The van der Waals surface area contributed by atoms with E-state index in [1.165, 1.54) is 7.11 Å².